The summed E-state index contributed by atoms with van der Waals surface area (Å²) in [6.07, 6.45) is 1.64. The number of amides is 2. The predicted octanol–water partition coefficient (Wildman–Crippen LogP) is 4.86. The number of rotatable bonds is 9. The van der Waals surface area contributed by atoms with Crippen molar-refractivity contribution in [1.82, 2.24) is 20.1 Å². The van der Waals surface area contributed by atoms with Crippen LogP contribution in [0, 0.1) is 18.8 Å². The third-order valence-corrected chi connectivity index (χ3v) is 8.63. The molecule has 0 radical (unpaired) electrons. The minimum atomic E-state index is -0.989. The number of carbonyl (C=O) groups is 2. The molecule has 2 saturated heterocycles. The molecule has 4 rings (SSSR count). The average Bonchev–Trinajstić information content (AvgIpc) is 3.26. The van der Waals surface area contributed by atoms with Crippen molar-refractivity contribution in [2.45, 2.75) is 45.3 Å². The van der Waals surface area contributed by atoms with E-state index in [1.165, 1.54) is 6.92 Å². The van der Waals surface area contributed by atoms with Crippen LogP contribution in [0.4, 0.5) is 18.7 Å². The summed E-state index contributed by atoms with van der Waals surface area (Å²) < 4.78 is 28.4. The second-order valence-electron chi connectivity index (χ2n) is 10.2. The Labute approximate surface area is 221 Å². The number of aryl methyl sites for hydroxylation is 1. The number of aromatic nitrogens is 1. The topological polar surface area (TPSA) is 77.6 Å². The molecule has 1 aromatic carbocycles. The van der Waals surface area contributed by atoms with Crippen molar-refractivity contribution in [1.29, 1.82) is 0 Å². The van der Waals surface area contributed by atoms with Crippen molar-refractivity contribution < 1.29 is 18.4 Å². The van der Waals surface area contributed by atoms with Gasteiger partial charge in [0.1, 0.15) is 12.8 Å². The number of nitrogens with zero attached hydrogens (tertiary/aromatic N) is 3. The van der Waals surface area contributed by atoms with Gasteiger partial charge >= 0.3 is 6.03 Å². The van der Waals surface area contributed by atoms with E-state index in [1.807, 2.05) is 35.2 Å². The molecule has 0 spiro atoms. The predicted molar refractivity (Wildman–Crippen MR) is 143 cm³/mol. The van der Waals surface area contributed by atoms with E-state index in [2.05, 4.69) is 20.5 Å². The minimum Gasteiger partial charge on any atom is -0.333 e. The lowest BCUT2D eigenvalue weighted by molar-refractivity contribution is 0.0666. The summed E-state index contributed by atoms with van der Waals surface area (Å²) >= 11 is 1.16. The molecular formula is C27H37F2N5O2S. The number of benzene rings is 1. The standard InChI is InChI=1S/C27H37F2N5O2S/c1-18-25(19(2)35)37-27(30-18)32-26(36)31-23-17-33(14-11-28)13-10-21(23)15-34-12-6-9-22(16-34)24(29)20-7-4-3-5-8-20/h3-5,7-8,21-24H,6,9-17H2,1-2H3,(H2,30,31,32,36)/t21-,22-,23-,24?/m0/s1. The van der Waals surface area contributed by atoms with Gasteiger partial charge in [-0.15, -0.1) is 0 Å². The number of urea groups is 1. The van der Waals surface area contributed by atoms with Crippen molar-refractivity contribution >= 4 is 28.3 Å². The number of likely N-dealkylation sites (tertiary alicyclic amines) is 2. The molecule has 3 heterocycles. The quantitative estimate of drug-likeness (QED) is 0.451. The van der Waals surface area contributed by atoms with E-state index in [0.717, 1.165) is 55.8 Å². The van der Waals surface area contributed by atoms with Crippen LogP contribution in [0.1, 0.15) is 53.3 Å². The summed E-state index contributed by atoms with van der Waals surface area (Å²) in [4.78, 5) is 33.8. The summed E-state index contributed by atoms with van der Waals surface area (Å²) in [7, 11) is 0. The highest BCUT2D eigenvalue weighted by molar-refractivity contribution is 7.17. The summed E-state index contributed by atoms with van der Waals surface area (Å²) in [5.41, 5.74) is 1.33. The van der Waals surface area contributed by atoms with Crippen LogP contribution in [-0.4, -0.2) is 78.6 Å². The van der Waals surface area contributed by atoms with E-state index in [1.54, 1.807) is 6.92 Å². The summed E-state index contributed by atoms with van der Waals surface area (Å²) in [6, 6.07) is 8.80. The lowest BCUT2D eigenvalue weighted by Gasteiger charge is -2.42. The van der Waals surface area contributed by atoms with Crippen molar-refractivity contribution in [3.63, 3.8) is 0 Å². The third-order valence-electron chi connectivity index (χ3n) is 7.46. The molecule has 7 nitrogen and oxygen atoms in total. The molecule has 2 fully saturated rings. The van der Waals surface area contributed by atoms with Gasteiger partial charge in [-0.1, -0.05) is 41.7 Å². The Morgan fingerprint density at radius 2 is 1.95 bits per heavy atom. The number of anilines is 1. The zero-order valence-corrected chi connectivity index (χ0v) is 22.4. The highest BCUT2D eigenvalue weighted by Gasteiger charge is 2.34. The first kappa shape index (κ1) is 27.6. The number of hydrogen-bond acceptors (Lipinski definition) is 6. The number of nitrogens with one attached hydrogen (secondary N) is 2. The molecule has 1 unspecified atom stereocenters. The molecule has 37 heavy (non-hydrogen) atoms. The molecule has 4 atom stereocenters. The number of Topliss-reactive ketones (excluding diaryl/α,β-unsaturated/α-hetero) is 1. The number of halogens is 2. The molecule has 1 aromatic heterocycles. The lowest BCUT2D eigenvalue weighted by atomic mass is 9.87. The first-order valence-corrected chi connectivity index (χ1v) is 13.9. The van der Waals surface area contributed by atoms with Crippen molar-refractivity contribution in [2.24, 2.45) is 11.8 Å². The Morgan fingerprint density at radius 3 is 2.65 bits per heavy atom. The van der Waals surface area contributed by atoms with Crippen LogP contribution in [0.25, 0.3) is 0 Å². The van der Waals surface area contributed by atoms with Gasteiger partial charge in [-0.2, -0.15) is 0 Å². The molecule has 0 aliphatic carbocycles. The first-order chi connectivity index (χ1) is 17.8. The number of alkyl halides is 2. The van der Waals surface area contributed by atoms with Gasteiger partial charge in [0.05, 0.1) is 10.6 Å². The maximum atomic E-state index is 15.3. The average molecular weight is 534 g/mol. The maximum Gasteiger partial charge on any atom is 0.321 e. The van der Waals surface area contributed by atoms with Gasteiger partial charge in [0, 0.05) is 45.1 Å². The minimum absolute atomic E-state index is 0.0545. The Hall–Kier alpha value is -2.43. The van der Waals surface area contributed by atoms with Crippen LogP contribution in [0.15, 0.2) is 30.3 Å². The number of carbonyl (C=O) groups excluding carboxylic acids is 2. The fraction of sp³-hybridized carbons (Fsp3) is 0.593. The van der Waals surface area contributed by atoms with Gasteiger partial charge in [-0.05, 0) is 50.8 Å². The van der Waals surface area contributed by atoms with Crippen LogP contribution in [0.3, 0.4) is 0 Å². The summed E-state index contributed by atoms with van der Waals surface area (Å²) in [6.45, 7) is 6.82. The molecule has 0 saturated carbocycles. The third kappa shape index (κ3) is 7.33. The van der Waals surface area contributed by atoms with E-state index in [4.69, 9.17) is 0 Å². The molecule has 10 heteroatoms. The van der Waals surface area contributed by atoms with Gasteiger partial charge in [-0.3, -0.25) is 15.0 Å². The molecule has 0 bridgehead atoms. The van der Waals surface area contributed by atoms with E-state index < -0.39 is 12.8 Å². The highest BCUT2D eigenvalue weighted by atomic mass is 32.1. The number of piperidine rings is 2. The van der Waals surface area contributed by atoms with Crippen LogP contribution >= 0.6 is 11.3 Å². The second-order valence-corrected chi connectivity index (χ2v) is 11.2. The summed E-state index contributed by atoms with van der Waals surface area (Å²) in [5, 5.41) is 6.22. The number of thiazole rings is 1. The zero-order chi connectivity index (χ0) is 26.4. The van der Waals surface area contributed by atoms with Crippen LogP contribution < -0.4 is 10.6 Å². The molecule has 2 amide bonds. The molecule has 2 N–H and O–H groups in total. The van der Waals surface area contributed by atoms with Crippen LogP contribution in [0.5, 0.6) is 0 Å². The molecule has 2 aromatic rings. The fourth-order valence-corrected chi connectivity index (χ4v) is 6.44. The van der Waals surface area contributed by atoms with E-state index in [9.17, 15) is 14.0 Å². The van der Waals surface area contributed by atoms with Crippen molar-refractivity contribution in [3.8, 4) is 0 Å². The van der Waals surface area contributed by atoms with Gasteiger partial charge < -0.3 is 10.2 Å². The number of hydrogen-bond donors (Lipinski definition) is 2. The largest absolute Gasteiger partial charge is 0.333 e. The smallest absolute Gasteiger partial charge is 0.321 e. The van der Waals surface area contributed by atoms with E-state index in [-0.39, 0.29) is 29.7 Å². The zero-order valence-electron chi connectivity index (χ0n) is 21.6. The number of ketones is 1. The molecular weight excluding hydrogens is 496 g/mol. The van der Waals surface area contributed by atoms with Crippen molar-refractivity contribution in [2.75, 3.05) is 51.3 Å². The van der Waals surface area contributed by atoms with Crippen LogP contribution in [-0.2, 0) is 0 Å². The fourth-order valence-electron chi connectivity index (χ4n) is 5.59. The monoisotopic (exact) mass is 533 g/mol. The molecule has 2 aliphatic heterocycles. The first-order valence-electron chi connectivity index (χ1n) is 13.1. The maximum absolute atomic E-state index is 15.3. The molecule has 202 valence electrons. The van der Waals surface area contributed by atoms with E-state index >= 15 is 4.39 Å². The second kappa shape index (κ2) is 12.9. The lowest BCUT2D eigenvalue weighted by Crippen LogP contribution is -2.56. The Kier molecular flexibility index (Phi) is 9.61. The van der Waals surface area contributed by atoms with Crippen LogP contribution in [0.2, 0.25) is 0 Å². The van der Waals surface area contributed by atoms with Gasteiger partial charge in [0.15, 0.2) is 10.9 Å². The van der Waals surface area contributed by atoms with Gasteiger partial charge in [-0.25, -0.2) is 18.6 Å². The Bertz CT molecular complexity index is 1050. The highest BCUT2D eigenvalue weighted by Crippen LogP contribution is 2.33. The van der Waals surface area contributed by atoms with Crippen molar-refractivity contribution in [3.05, 3.63) is 46.5 Å². The van der Waals surface area contributed by atoms with Gasteiger partial charge in [0.25, 0.3) is 0 Å². The summed E-state index contributed by atoms with van der Waals surface area (Å²) in [5.74, 6) is 0.0299. The Morgan fingerprint density at radius 1 is 1.16 bits per heavy atom. The molecule has 2 aliphatic rings. The SMILES string of the molecule is CC(=O)c1sc(NC(=O)N[C@H]2CN(CCF)CC[C@H]2CN2CCC[C@H](C(F)c3ccccc3)C2)nc1C. The van der Waals surface area contributed by atoms with E-state index in [0.29, 0.717) is 35.3 Å². The normalized spacial score (nSPS) is 23.9. The van der Waals surface area contributed by atoms with Gasteiger partial charge in [0.2, 0.25) is 0 Å². The Balaban J connectivity index is 1.38.